The summed E-state index contributed by atoms with van der Waals surface area (Å²) in [5, 5.41) is 2.90. The molecule has 7 nitrogen and oxygen atoms in total. The number of benzene rings is 1. The highest BCUT2D eigenvalue weighted by Crippen LogP contribution is 2.16. The molecule has 0 unspecified atom stereocenters. The van der Waals surface area contributed by atoms with Gasteiger partial charge in [0, 0.05) is 43.9 Å². The van der Waals surface area contributed by atoms with Crippen LogP contribution in [0.5, 0.6) is 0 Å². The molecule has 1 aliphatic rings. The third-order valence-electron chi connectivity index (χ3n) is 4.29. The number of hydrogen-bond donors (Lipinski definition) is 1. The van der Waals surface area contributed by atoms with Crippen molar-refractivity contribution in [3.63, 3.8) is 0 Å². The molecular formula is C18H20N4O3. The molecule has 1 fully saturated rings. The number of carbonyl (C=O) groups is 3. The Bertz CT molecular complexity index is 752. The van der Waals surface area contributed by atoms with E-state index in [9.17, 15) is 14.4 Å². The van der Waals surface area contributed by atoms with Gasteiger partial charge in [-0.3, -0.25) is 19.3 Å². The van der Waals surface area contributed by atoms with E-state index >= 15 is 0 Å². The predicted molar refractivity (Wildman–Crippen MR) is 90.7 cm³/mol. The van der Waals surface area contributed by atoms with Gasteiger partial charge in [0.15, 0.2) is 0 Å². The zero-order valence-electron chi connectivity index (χ0n) is 14.0. The fraction of sp³-hybridized carbons (Fsp3) is 0.333. The van der Waals surface area contributed by atoms with E-state index in [1.807, 2.05) is 42.0 Å². The smallest absolute Gasteiger partial charge is 0.229 e. The van der Waals surface area contributed by atoms with Crippen molar-refractivity contribution in [2.45, 2.75) is 32.2 Å². The lowest BCUT2D eigenvalue weighted by molar-refractivity contribution is -0.138. The lowest BCUT2D eigenvalue weighted by Gasteiger charge is -2.17. The van der Waals surface area contributed by atoms with E-state index in [0.29, 0.717) is 0 Å². The van der Waals surface area contributed by atoms with Crippen molar-refractivity contribution in [2.24, 2.45) is 0 Å². The van der Waals surface area contributed by atoms with Crippen LogP contribution < -0.4 is 5.32 Å². The summed E-state index contributed by atoms with van der Waals surface area (Å²) in [5.74, 6) is -0.569. The number of nitrogens with zero attached hydrogens (tertiary/aromatic N) is 3. The molecule has 1 N–H and O–H groups in total. The number of hydrogen-bond acceptors (Lipinski definition) is 4. The minimum atomic E-state index is -0.194. The number of likely N-dealkylation sites (tertiary alicyclic amines) is 1. The maximum Gasteiger partial charge on any atom is 0.229 e. The summed E-state index contributed by atoms with van der Waals surface area (Å²) in [5.41, 5.74) is 1.97. The van der Waals surface area contributed by atoms with Crippen LogP contribution in [0.25, 0.3) is 5.69 Å². The minimum Gasteiger partial charge on any atom is -0.350 e. The normalized spacial score (nSPS) is 15.5. The Morgan fingerprint density at radius 3 is 2.48 bits per heavy atom. The Morgan fingerprint density at radius 2 is 1.88 bits per heavy atom. The molecule has 130 valence electrons. The van der Waals surface area contributed by atoms with Gasteiger partial charge in [0.2, 0.25) is 17.7 Å². The molecule has 1 saturated heterocycles. The molecule has 1 aromatic carbocycles. The third-order valence-corrected chi connectivity index (χ3v) is 4.29. The van der Waals surface area contributed by atoms with Crippen molar-refractivity contribution < 1.29 is 14.4 Å². The molecule has 0 aliphatic carbocycles. The van der Waals surface area contributed by atoms with E-state index < -0.39 is 0 Å². The van der Waals surface area contributed by atoms with E-state index in [4.69, 9.17) is 0 Å². The van der Waals surface area contributed by atoms with E-state index in [1.165, 1.54) is 4.90 Å². The molecule has 0 spiro atoms. The van der Waals surface area contributed by atoms with Gasteiger partial charge >= 0.3 is 0 Å². The second kappa shape index (κ2) is 7.29. The first-order chi connectivity index (χ1) is 12.0. The Labute approximate surface area is 145 Å². The van der Waals surface area contributed by atoms with Crippen LogP contribution in [0.15, 0.2) is 43.0 Å². The number of imide groups is 1. The SMILES string of the molecule is C[C@@H](NC(=O)CCN1C(=O)CCC1=O)c1ccc(-n2ccnc2)cc1. The monoisotopic (exact) mass is 340 g/mol. The van der Waals surface area contributed by atoms with Gasteiger partial charge in [0.1, 0.15) is 0 Å². The van der Waals surface area contributed by atoms with Crippen LogP contribution in [-0.2, 0) is 14.4 Å². The number of nitrogens with one attached hydrogen (secondary N) is 1. The summed E-state index contributed by atoms with van der Waals surface area (Å²) in [6, 6.07) is 7.67. The van der Waals surface area contributed by atoms with E-state index in [2.05, 4.69) is 10.3 Å². The van der Waals surface area contributed by atoms with Crippen molar-refractivity contribution in [3.8, 4) is 5.69 Å². The predicted octanol–water partition coefficient (Wildman–Crippen LogP) is 1.59. The zero-order valence-corrected chi connectivity index (χ0v) is 14.0. The second-order valence-corrected chi connectivity index (χ2v) is 6.04. The van der Waals surface area contributed by atoms with Gasteiger partial charge in [-0.15, -0.1) is 0 Å². The van der Waals surface area contributed by atoms with Gasteiger partial charge in [0.25, 0.3) is 0 Å². The summed E-state index contributed by atoms with van der Waals surface area (Å²) in [6.45, 7) is 2.05. The molecule has 2 heterocycles. The standard InChI is InChI=1S/C18H20N4O3/c1-13(14-2-4-15(5-3-14)21-11-9-19-12-21)20-16(23)8-10-22-17(24)6-7-18(22)25/h2-5,9,11-13H,6-8,10H2,1H3,(H,20,23)/t13-/m1/s1. The second-order valence-electron chi connectivity index (χ2n) is 6.04. The molecule has 1 aliphatic heterocycles. The molecule has 25 heavy (non-hydrogen) atoms. The summed E-state index contributed by atoms with van der Waals surface area (Å²) >= 11 is 0. The summed E-state index contributed by atoms with van der Waals surface area (Å²) in [7, 11) is 0. The van der Waals surface area contributed by atoms with Gasteiger partial charge in [0.05, 0.1) is 12.4 Å². The highest BCUT2D eigenvalue weighted by molar-refractivity contribution is 6.02. The molecule has 1 aromatic heterocycles. The van der Waals surface area contributed by atoms with Crippen LogP contribution in [0, 0.1) is 0 Å². The molecular weight excluding hydrogens is 320 g/mol. The van der Waals surface area contributed by atoms with Crippen LogP contribution in [0.3, 0.4) is 0 Å². The van der Waals surface area contributed by atoms with Crippen molar-refractivity contribution in [1.82, 2.24) is 19.8 Å². The number of aromatic nitrogens is 2. The first-order valence-corrected chi connectivity index (χ1v) is 8.25. The summed E-state index contributed by atoms with van der Waals surface area (Å²) in [6.07, 6.45) is 5.92. The number of imidazole rings is 1. The van der Waals surface area contributed by atoms with Gasteiger partial charge in [-0.2, -0.15) is 0 Å². The highest BCUT2D eigenvalue weighted by Gasteiger charge is 2.28. The third kappa shape index (κ3) is 3.93. The fourth-order valence-electron chi connectivity index (χ4n) is 2.83. The lowest BCUT2D eigenvalue weighted by atomic mass is 10.1. The van der Waals surface area contributed by atoms with Gasteiger partial charge in [-0.25, -0.2) is 4.98 Å². The van der Waals surface area contributed by atoms with Crippen molar-refractivity contribution in [2.75, 3.05) is 6.54 Å². The summed E-state index contributed by atoms with van der Waals surface area (Å²) < 4.78 is 1.90. The van der Waals surface area contributed by atoms with Gasteiger partial charge < -0.3 is 9.88 Å². The van der Waals surface area contributed by atoms with Crippen LogP contribution in [0.4, 0.5) is 0 Å². The van der Waals surface area contributed by atoms with Crippen molar-refractivity contribution in [1.29, 1.82) is 0 Å². The van der Waals surface area contributed by atoms with E-state index in [-0.39, 0.29) is 49.6 Å². The molecule has 7 heteroatoms. The van der Waals surface area contributed by atoms with E-state index in [1.54, 1.807) is 12.5 Å². The minimum absolute atomic E-state index is 0.120. The molecule has 0 radical (unpaired) electrons. The first kappa shape index (κ1) is 16.9. The molecule has 0 bridgehead atoms. The van der Waals surface area contributed by atoms with Crippen molar-refractivity contribution in [3.05, 3.63) is 48.5 Å². The molecule has 1 atom stereocenters. The highest BCUT2D eigenvalue weighted by atomic mass is 16.2. The molecule has 0 saturated carbocycles. The van der Waals surface area contributed by atoms with Crippen molar-refractivity contribution >= 4 is 17.7 Å². The quantitative estimate of drug-likeness (QED) is 0.809. The number of rotatable bonds is 6. The average molecular weight is 340 g/mol. The van der Waals surface area contributed by atoms with E-state index in [0.717, 1.165) is 11.3 Å². The Kier molecular flexibility index (Phi) is 4.92. The number of amides is 3. The summed E-state index contributed by atoms with van der Waals surface area (Å²) in [4.78, 5) is 40.3. The first-order valence-electron chi connectivity index (χ1n) is 8.25. The lowest BCUT2D eigenvalue weighted by Crippen LogP contribution is -2.34. The van der Waals surface area contributed by atoms with Crippen LogP contribution in [-0.4, -0.2) is 38.7 Å². The van der Waals surface area contributed by atoms with Crippen LogP contribution in [0.2, 0.25) is 0 Å². The van der Waals surface area contributed by atoms with Gasteiger partial charge in [-0.1, -0.05) is 12.1 Å². The van der Waals surface area contributed by atoms with Crippen LogP contribution >= 0.6 is 0 Å². The molecule has 3 rings (SSSR count). The number of carbonyl (C=O) groups excluding carboxylic acids is 3. The topological polar surface area (TPSA) is 84.3 Å². The molecule has 2 aromatic rings. The Balaban J connectivity index is 1.53. The maximum absolute atomic E-state index is 12.1. The molecule has 3 amide bonds. The Hall–Kier alpha value is -2.96. The Morgan fingerprint density at radius 1 is 1.20 bits per heavy atom. The largest absolute Gasteiger partial charge is 0.350 e. The van der Waals surface area contributed by atoms with Crippen LogP contribution in [0.1, 0.15) is 37.8 Å². The zero-order chi connectivity index (χ0) is 17.8. The van der Waals surface area contributed by atoms with Gasteiger partial charge in [-0.05, 0) is 24.6 Å². The fourth-order valence-corrected chi connectivity index (χ4v) is 2.83. The maximum atomic E-state index is 12.1. The average Bonchev–Trinajstić information content (AvgIpc) is 3.24.